The van der Waals surface area contributed by atoms with Gasteiger partial charge in [0.25, 0.3) is 5.91 Å². The first-order valence-corrected chi connectivity index (χ1v) is 13.4. The molecular formula is C23H33N2O10PS. The number of hydrogen-bond donors (Lipinski definition) is 2. The number of methoxy groups -OCH3 is 1. The van der Waals surface area contributed by atoms with Crippen molar-refractivity contribution in [2.45, 2.75) is 26.7 Å². The molecule has 206 valence electrons. The Morgan fingerprint density at radius 1 is 1.16 bits per heavy atom. The second-order valence-corrected chi connectivity index (χ2v) is 9.80. The number of benzene rings is 1. The largest absolute Gasteiger partial charge is 0.465 e. The minimum Gasteiger partial charge on any atom is -0.465 e. The summed E-state index contributed by atoms with van der Waals surface area (Å²) in [5.41, 5.74) is 5.35. The van der Waals surface area contributed by atoms with Crippen LogP contribution in [0.5, 0.6) is 0 Å². The van der Waals surface area contributed by atoms with E-state index in [1.165, 1.54) is 39.3 Å². The van der Waals surface area contributed by atoms with Gasteiger partial charge in [-0.1, -0.05) is 11.8 Å². The molecule has 12 nitrogen and oxygen atoms in total. The van der Waals surface area contributed by atoms with E-state index < -0.39 is 31.7 Å². The number of ketones is 1. The average molecular weight is 561 g/mol. The third-order valence-electron chi connectivity index (χ3n) is 5.00. The molecule has 2 unspecified atom stereocenters. The van der Waals surface area contributed by atoms with Crippen LogP contribution in [0.15, 0.2) is 18.2 Å². The molecule has 0 bridgehead atoms. The highest BCUT2D eigenvalue weighted by Crippen LogP contribution is 2.41. The quantitative estimate of drug-likeness (QED) is 0.0673. The first-order valence-electron chi connectivity index (χ1n) is 11.3. The second-order valence-electron chi connectivity index (χ2n) is 7.65. The Morgan fingerprint density at radius 2 is 1.89 bits per heavy atom. The van der Waals surface area contributed by atoms with Crippen LogP contribution in [-0.4, -0.2) is 75.6 Å². The first-order chi connectivity index (χ1) is 17.6. The number of hydrogen-bond acceptors (Lipinski definition) is 12. The molecule has 1 aromatic carbocycles. The van der Waals surface area contributed by atoms with Gasteiger partial charge in [0, 0.05) is 24.9 Å². The Morgan fingerprint density at radius 3 is 2.49 bits per heavy atom. The standard InChI is InChI=1S/C23H33N2O10PS/c1-5-33-22(30)23(2,19(27)13-37-15-26)14-35-36(32-4)34-11-7-6-10-25-20(28)16-8-9-17(18(24)12-16)21(29)31-3/h8-9,12,15H,5-7,10-11,13-14,24H2,1-4H3,(H,25,28). The van der Waals surface area contributed by atoms with E-state index in [4.69, 9.17) is 24.0 Å². The zero-order valence-electron chi connectivity index (χ0n) is 21.3. The number of esters is 2. The summed E-state index contributed by atoms with van der Waals surface area (Å²) < 4.78 is 25.9. The molecule has 0 fully saturated rings. The third-order valence-corrected chi connectivity index (χ3v) is 6.60. The fourth-order valence-electron chi connectivity index (χ4n) is 2.81. The van der Waals surface area contributed by atoms with Gasteiger partial charge in [0.2, 0.25) is 0 Å². The van der Waals surface area contributed by atoms with E-state index in [1.807, 2.05) is 0 Å². The lowest BCUT2D eigenvalue weighted by Crippen LogP contribution is -2.43. The summed E-state index contributed by atoms with van der Waals surface area (Å²) in [5.74, 6) is -2.39. The van der Waals surface area contributed by atoms with Gasteiger partial charge in [-0.15, -0.1) is 0 Å². The van der Waals surface area contributed by atoms with Crippen LogP contribution in [0.1, 0.15) is 47.4 Å². The van der Waals surface area contributed by atoms with E-state index in [0.717, 1.165) is 11.8 Å². The molecule has 0 saturated carbocycles. The van der Waals surface area contributed by atoms with Crippen molar-refractivity contribution in [2.24, 2.45) is 5.41 Å². The normalized spacial score (nSPS) is 13.2. The van der Waals surface area contributed by atoms with Gasteiger partial charge in [0.1, 0.15) is 5.41 Å². The number of nitrogens with one attached hydrogen (secondary N) is 1. The number of nitrogens with two attached hydrogens (primary N) is 1. The molecule has 0 heterocycles. The number of thioether (sulfide) groups is 1. The van der Waals surface area contributed by atoms with Crippen molar-refractivity contribution in [1.29, 1.82) is 0 Å². The molecule has 0 aliphatic rings. The number of anilines is 1. The van der Waals surface area contributed by atoms with Crippen molar-refractivity contribution >= 4 is 55.3 Å². The molecule has 1 rings (SSSR count). The molecule has 1 aromatic rings. The highest BCUT2D eigenvalue weighted by atomic mass is 32.2. The van der Waals surface area contributed by atoms with E-state index in [2.05, 4.69) is 10.1 Å². The molecule has 37 heavy (non-hydrogen) atoms. The number of unbranched alkanes of at least 4 members (excludes halogenated alkanes) is 1. The molecule has 0 aliphatic heterocycles. The molecule has 0 aliphatic carbocycles. The van der Waals surface area contributed by atoms with Crippen LogP contribution in [0, 0.1) is 5.41 Å². The number of nitrogen functional groups attached to an aromatic ring is 1. The molecule has 2 atom stereocenters. The van der Waals surface area contributed by atoms with E-state index >= 15 is 0 Å². The fraction of sp³-hybridized carbons (Fsp3) is 0.522. The maximum atomic E-state index is 12.5. The van der Waals surface area contributed by atoms with Crippen molar-refractivity contribution in [3.8, 4) is 0 Å². The van der Waals surface area contributed by atoms with Gasteiger partial charge in [0.15, 0.2) is 11.4 Å². The number of Topliss-reactive ketones (excluding diaryl/α,β-unsaturated/α-hetero) is 1. The average Bonchev–Trinajstić information content (AvgIpc) is 2.89. The minimum absolute atomic E-state index is 0.0841. The summed E-state index contributed by atoms with van der Waals surface area (Å²) >= 11 is 0.738. The second kappa shape index (κ2) is 17.0. The molecule has 3 N–H and O–H groups in total. The molecule has 14 heteroatoms. The van der Waals surface area contributed by atoms with Crippen LogP contribution in [0.25, 0.3) is 0 Å². The summed E-state index contributed by atoms with van der Waals surface area (Å²) in [5, 5.41) is 2.75. The van der Waals surface area contributed by atoms with Gasteiger partial charge in [-0.2, -0.15) is 0 Å². The lowest BCUT2D eigenvalue weighted by Gasteiger charge is -2.26. The van der Waals surface area contributed by atoms with Crippen LogP contribution in [-0.2, 0) is 37.4 Å². The van der Waals surface area contributed by atoms with Gasteiger partial charge in [-0.05, 0) is 44.9 Å². The summed E-state index contributed by atoms with van der Waals surface area (Å²) in [6, 6.07) is 4.31. The third kappa shape index (κ3) is 10.4. The van der Waals surface area contributed by atoms with Gasteiger partial charge in [0.05, 0.1) is 38.2 Å². The van der Waals surface area contributed by atoms with Crippen molar-refractivity contribution < 1.29 is 47.0 Å². The predicted octanol–water partition coefficient (Wildman–Crippen LogP) is 2.53. The van der Waals surface area contributed by atoms with Crippen molar-refractivity contribution in [2.75, 3.05) is 52.1 Å². The van der Waals surface area contributed by atoms with Crippen molar-refractivity contribution in [1.82, 2.24) is 5.32 Å². The molecule has 0 radical (unpaired) electrons. The van der Waals surface area contributed by atoms with Crippen LogP contribution >= 0.6 is 20.4 Å². The number of carbonyl (C=O) groups excluding carboxylic acids is 5. The van der Waals surface area contributed by atoms with E-state index in [-0.39, 0.29) is 42.7 Å². The van der Waals surface area contributed by atoms with Gasteiger partial charge in [-0.25, -0.2) is 4.79 Å². The van der Waals surface area contributed by atoms with Crippen LogP contribution < -0.4 is 11.1 Å². The molecular weight excluding hydrogens is 527 g/mol. The Labute approximate surface area is 221 Å². The monoisotopic (exact) mass is 560 g/mol. The fourth-order valence-corrected chi connectivity index (χ4v) is 4.27. The van der Waals surface area contributed by atoms with E-state index in [1.54, 1.807) is 6.92 Å². The van der Waals surface area contributed by atoms with Gasteiger partial charge in [-0.3, -0.25) is 19.2 Å². The topological polar surface area (TPSA) is 170 Å². The molecule has 1 amide bonds. The zero-order chi connectivity index (χ0) is 27.8. The van der Waals surface area contributed by atoms with E-state index in [9.17, 15) is 24.0 Å². The molecule has 0 aromatic heterocycles. The number of ether oxygens (including phenoxy) is 2. The Kier molecular flexibility index (Phi) is 14.9. The van der Waals surface area contributed by atoms with Crippen LogP contribution in [0.4, 0.5) is 5.69 Å². The highest BCUT2D eigenvalue weighted by Gasteiger charge is 2.43. The Bertz CT molecular complexity index is 948. The van der Waals surface area contributed by atoms with Crippen molar-refractivity contribution in [3.63, 3.8) is 0 Å². The summed E-state index contributed by atoms with van der Waals surface area (Å²) in [4.78, 5) is 59.4. The van der Waals surface area contributed by atoms with Gasteiger partial charge >= 0.3 is 20.5 Å². The SMILES string of the molecule is CCOC(=O)C(C)(COP(OC)OCCCCNC(=O)c1ccc(C(=O)OC)c(N)c1)C(=O)CSC=O. The van der Waals surface area contributed by atoms with Crippen LogP contribution in [0.2, 0.25) is 0 Å². The molecule has 0 saturated heterocycles. The summed E-state index contributed by atoms with van der Waals surface area (Å²) in [6.07, 6.45) is 1.13. The Balaban J connectivity index is 2.48. The maximum absolute atomic E-state index is 12.5. The smallest absolute Gasteiger partial charge is 0.339 e. The number of rotatable bonds is 18. The Hall–Kier alpha value is -2.57. The minimum atomic E-state index is -1.85. The highest BCUT2D eigenvalue weighted by molar-refractivity contribution is 8.12. The maximum Gasteiger partial charge on any atom is 0.339 e. The van der Waals surface area contributed by atoms with Crippen molar-refractivity contribution in [3.05, 3.63) is 29.3 Å². The van der Waals surface area contributed by atoms with E-state index in [0.29, 0.717) is 30.6 Å². The number of amides is 1. The number of carbonyl (C=O) groups is 5. The summed E-state index contributed by atoms with van der Waals surface area (Å²) in [7, 11) is 0.760. The molecule has 0 spiro atoms. The lowest BCUT2D eigenvalue weighted by molar-refractivity contribution is -0.160. The zero-order valence-corrected chi connectivity index (χ0v) is 23.0. The predicted molar refractivity (Wildman–Crippen MR) is 139 cm³/mol. The van der Waals surface area contributed by atoms with Gasteiger partial charge < -0.3 is 34.1 Å². The first kappa shape index (κ1) is 32.5. The van der Waals surface area contributed by atoms with Crippen LogP contribution in [0.3, 0.4) is 0 Å². The lowest BCUT2D eigenvalue weighted by atomic mass is 9.87. The summed E-state index contributed by atoms with van der Waals surface area (Å²) in [6.45, 7) is 3.35.